The summed E-state index contributed by atoms with van der Waals surface area (Å²) in [6.45, 7) is 0.297. The van der Waals surface area contributed by atoms with Crippen LogP contribution in [0.3, 0.4) is 0 Å². The zero-order valence-electron chi connectivity index (χ0n) is 15.3. The third-order valence-corrected chi connectivity index (χ3v) is 4.98. The summed E-state index contributed by atoms with van der Waals surface area (Å²) in [6.07, 6.45) is -1.14. The molecule has 4 rings (SSSR count). The molecule has 3 N–H and O–H groups in total. The van der Waals surface area contributed by atoms with Crippen molar-refractivity contribution < 1.29 is 18.8 Å². The minimum absolute atomic E-state index is 0.0986. The molecule has 30 heavy (non-hydrogen) atoms. The van der Waals surface area contributed by atoms with Crippen molar-refractivity contribution in [3.63, 3.8) is 0 Å². The van der Waals surface area contributed by atoms with Crippen LogP contribution in [0.15, 0.2) is 47.0 Å². The van der Waals surface area contributed by atoms with Crippen LogP contribution >= 0.6 is 23.2 Å². The van der Waals surface area contributed by atoms with Gasteiger partial charge in [0.05, 0.1) is 34.4 Å². The molecule has 0 aliphatic carbocycles. The molecule has 9 nitrogen and oxygen atoms in total. The molecule has 0 saturated carbocycles. The monoisotopic (exact) mass is 447 g/mol. The summed E-state index contributed by atoms with van der Waals surface area (Å²) in [5.74, 6) is 0.553. The predicted octanol–water partition coefficient (Wildman–Crippen LogP) is 3.70. The number of nitrogens with one attached hydrogen (secondary N) is 1. The van der Waals surface area contributed by atoms with Crippen molar-refractivity contribution in [3.8, 4) is 22.8 Å². The van der Waals surface area contributed by atoms with Crippen molar-refractivity contribution in [2.45, 2.75) is 6.10 Å². The number of urea groups is 1. The van der Waals surface area contributed by atoms with E-state index in [0.29, 0.717) is 17.1 Å². The van der Waals surface area contributed by atoms with Crippen LogP contribution in [0, 0.1) is 0 Å². The highest BCUT2D eigenvalue weighted by Gasteiger charge is 2.33. The number of ether oxygens (including phenoxy) is 1. The van der Waals surface area contributed by atoms with Gasteiger partial charge in [-0.25, -0.2) is 9.59 Å². The summed E-state index contributed by atoms with van der Waals surface area (Å²) >= 11 is 12.9. The van der Waals surface area contributed by atoms with Crippen molar-refractivity contribution in [1.82, 2.24) is 15.5 Å². The number of nitrogens with zero attached hydrogens (tertiary/aromatic N) is 3. The lowest BCUT2D eigenvalue weighted by molar-refractivity contribution is 0.141. The summed E-state index contributed by atoms with van der Waals surface area (Å²) in [5.41, 5.74) is 6.62. The van der Waals surface area contributed by atoms with Gasteiger partial charge in [0.1, 0.15) is 6.10 Å². The highest BCUT2D eigenvalue weighted by atomic mass is 35.5. The van der Waals surface area contributed by atoms with Crippen LogP contribution in [0.1, 0.15) is 0 Å². The van der Waals surface area contributed by atoms with Gasteiger partial charge >= 0.3 is 12.1 Å². The molecule has 1 unspecified atom stereocenters. The number of rotatable bonds is 5. The second-order valence-electron chi connectivity index (χ2n) is 6.44. The first-order valence-corrected chi connectivity index (χ1v) is 9.58. The summed E-state index contributed by atoms with van der Waals surface area (Å²) in [6, 6.07) is 11.7. The SMILES string of the molecule is NC(=O)NCC1CN(c2cc(Cl)c(-c3nc(-c4ccccc4)no3)c(Cl)c2)C(=O)O1. The number of hydrogen-bond acceptors (Lipinski definition) is 6. The van der Waals surface area contributed by atoms with Gasteiger partial charge in [0.2, 0.25) is 5.82 Å². The number of carbonyl (C=O) groups is 2. The molecule has 2 heterocycles. The lowest BCUT2D eigenvalue weighted by Gasteiger charge is -2.15. The number of benzene rings is 2. The van der Waals surface area contributed by atoms with Crippen LogP contribution < -0.4 is 16.0 Å². The quantitative estimate of drug-likeness (QED) is 0.614. The topological polar surface area (TPSA) is 124 Å². The van der Waals surface area contributed by atoms with E-state index in [9.17, 15) is 9.59 Å². The molecule has 1 aromatic heterocycles. The Hall–Kier alpha value is -3.30. The number of aromatic nitrogens is 2. The van der Waals surface area contributed by atoms with Gasteiger partial charge < -0.3 is 20.3 Å². The molecule has 1 aliphatic rings. The van der Waals surface area contributed by atoms with E-state index in [-0.39, 0.29) is 29.0 Å². The van der Waals surface area contributed by atoms with Crippen LogP contribution in [0.2, 0.25) is 10.0 Å². The summed E-state index contributed by atoms with van der Waals surface area (Å²) < 4.78 is 10.6. The average Bonchev–Trinajstić information content (AvgIpc) is 3.33. The van der Waals surface area contributed by atoms with Gasteiger partial charge in [-0.15, -0.1) is 0 Å². The normalized spacial score (nSPS) is 15.9. The number of carbonyl (C=O) groups excluding carboxylic acids is 2. The van der Waals surface area contributed by atoms with Crippen LogP contribution in [0.5, 0.6) is 0 Å². The largest absolute Gasteiger partial charge is 0.442 e. The number of nitrogens with two attached hydrogens (primary N) is 1. The van der Waals surface area contributed by atoms with Crippen LogP contribution in [0.25, 0.3) is 22.8 Å². The maximum Gasteiger partial charge on any atom is 0.414 e. The molecule has 1 aliphatic heterocycles. The highest BCUT2D eigenvalue weighted by Crippen LogP contribution is 2.39. The Morgan fingerprint density at radius 2 is 1.93 bits per heavy atom. The Kier molecular flexibility index (Phi) is 5.47. The lowest BCUT2D eigenvalue weighted by Crippen LogP contribution is -2.37. The van der Waals surface area contributed by atoms with E-state index >= 15 is 0 Å². The van der Waals surface area contributed by atoms with Crippen LogP contribution in [0.4, 0.5) is 15.3 Å². The average molecular weight is 448 g/mol. The van der Waals surface area contributed by atoms with Gasteiger partial charge in [-0.05, 0) is 12.1 Å². The predicted molar refractivity (Wildman–Crippen MR) is 110 cm³/mol. The minimum Gasteiger partial charge on any atom is -0.442 e. The molecule has 154 valence electrons. The Balaban J connectivity index is 1.58. The third kappa shape index (κ3) is 4.03. The number of anilines is 1. The van der Waals surface area contributed by atoms with Gasteiger partial charge in [0.15, 0.2) is 0 Å². The number of amides is 3. The van der Waals surface area contributed by atoms with E-state index in [0.717, 1.165) is 5.56 Å². The van der Waals surface area contributed by atoms with Crippen LogP contribution in [-0.4, -0.2) is 41.5 Å². The van der Waals surface area contributed by atoms with Gasteiger partial charge in [-0.2, -0.15) is 4.98 Å². The first-order valence-electron chi connectivity index (χ1n) is 8.82. The molecule has 1 atom stereocenters. The molecular weight excluding hydrogens is 433 g/mol. The van der Waals surface area contributed by atoms with Crippen molar-refractivity contribution in [2.75, 3.05) is 18.0 Å². The van der Waals surface area contributed by atoms with Gasteiger partial charge in [-0.1, -0.05) is 58.7 Å². The van der Waals surface area contributed by atoms with E-state index in [1.807, 2.05) is 30.3 Å². The minimum atomic E-state index is -0.700. The first kappa shape index (κ1) is 20.0. The molecule has 0 bridgehead atoms. The van der Waals surface area contributed by atoms with Crippen LogP contribution in [-0.2, 0) is 4.74 Å². The van der Waals surface area contributed by atoms with E-state index in [4.69, 9.17) is 38.2 Å². The highest BCUT2D eigenvalue weighted by molar-refractivity contribution is 6.39. The Bertz CT molecular complexity index is 1080. The van der Waals surface area contributed by atoms with E-state index in [1.165, 1.54) is 4.90 Å². The van der Waals surface area contributed by atoms with E-state index in [1.54, 1.807) is 12.1 Å². The number of primary amides is 1. The zero-order valence-corrected chi connectivity index (χ0v) is 16.9. The number of hydrogen-bond donors (Lipinski definition) is 2. The fourth-order valence-electron chi connectivity index (χ4n) is 3.00. The maximum atomic E-state index is 12.2. The van der Waals surface area contributed by atoms with Crippen molar-refractivity contribution in [1.29, 1.82) is 0 Å². The molecule has 0 radical (unpaired) electrons. The zero-order chi connectivity index (χ0) is 21.3. The second kappa shape index (κ2) is 8.21. The maximum absolute atomic E-state index is 12.2. The summed E-state index contributed by atoms with van der Waals surface area (Å²) in [7, 11) is 0. The molecule has 1 fully saturated rings. The Labute approximate surface area is 180 Å². The number of halogens is 2. The number of cyclic esters (lactones) is 1. The summed E-state index contributed by atoms with van der Waals surface area (Å²) in [5, 5.41) is 6.83. The second-order valence-corrected chi connectivity index (χ2v) is 7.25. The molecule has 11 heteroatoms. The molecule has 1 saturated heterocycles. The molecular formula is C19H15Cl2N5O4. The molecule has 3 amide bonds. The van der Waals surface area contributed by atoms with E-state index in [2.05, 4.69) is 15.5 Å². The third-order valence-electron chi connectivity index (χ3n) is 4.39. The fourth-order valence-corrected chi connectivity index (χ4v) is 3.64. The molecule has 3 aromatic rings. The van der Waals surface area contributed by atoms with Gasteiger partial charge in [0, 0.05) is 5.56 Å². The Morgan fingerprint density at radius 3 is 2.60 bits per heavy atom. The fraction of sp³-hybridized carbons (Fsp3) is 0.158. The lowest BCUT2D eigenvalue weighted by atomic mass is 10.1. The van der Waals surface area contributed by atoms with Crippen molar-refractivity contribution in [2.24, 2.45) is 5.73 Å². The van der Waals surface area contributed by atoms with Gasteiger partial charge in [0.25, 0.3) is 5.89 Å². The van der Waals surface area contributed by atoms with Gasteiger partial charge in [-0.3, -0.25) is 4.90 Å². The molecule has 2 aromatic carbocycles. The van der Waals surface area contributed by atoms with Crippen molar-refractivity contribution in [3.05, 3.63) is 52.5 Å². The first-order chi connectivity index (χ1) is 14.4. The molecule has 0 spiro atoms. The Morgan fingerprint density at radius 1 is 1.23 bits per heavy atom. The smallest absolute Gasteiger partial charge is 0.414 e. The van der Waals surface area contributed by atoms with E-state index < -0.39 is 18.2 Å². The summed E-state index contributed by atoms with van der Waals surface area (Å²) in [4.78, 5) is 28.8. The van der Waals surface area contributed by atoms with Crippen molar-refractivity contribution >= 4 is 41.0 Å². The standard InChI is InChI=1S/C19H15Cl2N5O4/c20-13-6-11(26-9-12(29-19(26)28)8-23-18(22)27)7-14(21)15(13)17-24-16(25-30-17)10-4-2-1-3-5-10/h1-7,12H,8-9H2,(H3,22,23,27).